The molecule has 0 aliphatic heterocycles. The average Bonchev–Trinajstić information content (AvgIpc) is 2.77. The quantitative estimate of drug-likeness (QED) is 0.499. The molecule has 0 fully saturated rings. The molecule has 0 saturated heterocycles. The van der Waals surface area contributed by atoms with Crippen LogP contribution in [0, 0.1) is 15.9 Å². The van der Waals surface area contributed by atoms with Crippen molar-refractivity contribution in [3.63, 3.8) is 0 Å². The molecular weight excluding hydrogens is 347 g/mol. The molecule has 0 aliphatic rings. The number of phenolic OH excluding ortho intramolecular Hbond substituents is 1. The van der Waals surface area contributed by atoms with Crippen LogP contribution in [0.3, 0.4) is 0 Å². The molecule has 1 aromatic heterocycles. The zero-order chi connectivity index (χ0) is 15.8. The number of anilines is 1. The number of halogens is 2. The molecule has 2 N–H and O–H groups in total. The topological polar surface area (TPSA) is 110 Å². The van der Waals surface area contributed by atoms with Crippen molar-refractivity contribution < 1.29 is 22.8 Å². The van der Waals surface area contributed by atoms with E-state index in [9.17, 15) is 28.0 Å². The van der Waals surface area contributed by atoms with E-state index in [0.29, 0.717) is 11.3 Å². The number of hydrogen-bond donors (Lipinski definition) is 2. The van der Waals surface area contributed by atoms with Crippen molar-refractivity contribution in [2.45, 2.75) is 4.21 Å². The molecular formula is C10H6ClFN2O5S2. The van der Waals surface area contributed by atoms with E-state index in [4.69, 9.17) is 11.6 Å². The number of hydrogen-bond acceptors (Lipinski definition) is 6. The Morgan fingerprint density at radius 1 is 1.38 bits per heavy atom. The number of nitrogens with one attached hydrogen (secondary N) is 1. The van der Waals surface area contributed by atoms with Gasteiger partial charge in [0.05, 0.1) is 10.6 Å². The molecule has 0 spiro atoms. The van der Waals surface area contributed by atoms with E-state index in [2.05, 4.69) is 0 Å². The Hall–Kier alpha value is -1.91. The van der Waals surface area contributed by atoms with Crippen molar-refractivity contribution in [3.05, 3.63) is 44.5 Å². The van der Waals surface area contributed by atoms with Gasteiger partial charge in [-0.3, -0.25) is 14.8 Å². The highest BCUT2D eigenvalue weighted by Gasteiger charge is 2.26. The van der Waals surface area contributed by atoms with Crippen LogP contribution in [0.15, 0.2) is 28.5 Å². The predicted octanol–water partition coefficient (Wildman–Crippen LogP) is 2.96. The molecule has 2 aromatic rings. The van der Waals surface area contributed by atoms with Crippen LogP contribution in [0.4, 0.5) is 15.8 Å². The average molecular weight is 353 g/mol. The summed E-state index contributed by atoms with van der Waals surface area (Å²) in [6, 6.07) is 3.47. The van der Waals surface area contributed by atoms with Crippen molar-refractivity contribution in [2.75, 3.05) is 4.72 Å². The Morgan fingerprint density at radius 3 is 2.62 bits per heavy atom. The van der Waals surface area contributed by atoms with Crippen LogP contribution < -0.4 is 4.72 Å². The van der Waals surface area contributed by atoms with Gasteiger partial charge >= 0.3 is 0 Å². The first-order chi connectivity index (χ1) is 9.70. The largest absolute Gasteiger partial charge is 0.506 e. The predicted molar refractivity (Wildman–Crippen MR) is 74.9 cm³/mol. The minimum absolute atomic E-state index is 0.302. The Kier molecular flexibility index (Phi) is 4.03. The van der Waals surface area contributed by atoms with Gasteiger partial charge in [0.25, 0.3) is 15.7 Å². The van der Waals surface area contributed by atoms with Crippen LogP contribution in [0.25, 0.3) is 0 Å². The van der Waals surface area contributed by atoms with Crippen LogP contribution >= 0.6 is 22.9 Å². The summed E-state index contributed by atoms with van der Waals surface area (Å²) in [6.07, 6.45) is 0. The van der Waals surface area contributed by atoms with Crippen molar-refractivity contribution in [1.82, 2.24) is 0 Å². The fourth-order valence-electron chi connectivity index (χ4n) is 1.38. The minimum atomic E-state index is -4.23. The van der Waals surface area contributed by atoms with Gasteiger partial charge in [-0.1, -0.05) is 11.6 Å². The molecule has 0 saturated carbocycles. The highest BCUT2D eigenvalue weighted by atomic mass is 35.5. The highest BCUT2D eigenvalue weighted by molar-refractivity contribution is 7.94. The molecule has 7 nitrogen and oxygen atoms in total. The molecule has 0 bridgehead atoms. The Balaban J connectivity index is 2.41. The van der Waals surface area contributed by atoms with Crippen molar-refractivity contribution >= 4 is 44.3 Å². The summed E-state index contributed by atoms with van der Waals surface area (Å²) < 4.78 is 38.3. The van der Waals surface area contributed by atoms with E-state index >= 15 is 0 Å². The Morgan fingerprint density at radius 2 is 2.05 bits per heavy atom. The van der Waals surface area contributed by atoms with E-state index in [-0.39, 0.29) is 10.0 Å². The summed E-state index contributed by atoms with van der Waals surface area (Å²) in [6.45, 7) is 0. The third-order valence-electron chi connectivity index (χ3n) is 2.31. The summed E-state index contributed by atoms with van der Waals surface area (Å²) in [5, 5.41) is 20.1. The highest BCUT2D eigenvalue weighted by Crippen LogP contribution is 2.37. The SMILES string of the molecule is O=[N+]([O-])c1cc(S(=O)(=O)Nc2cc(F)ccc2O)sc1Cl. The normalized spacial score (nSPS) is 11.3. The first-order valence-corrected chi connectivity index (χ1v) is 7.83. The van der Waals surface area contributed by atoms with Gasteiger partial charge in [0.1, 0.15) is 15.8 Å². The summed E-state index contributed by atoms with van der Waals surface area (Å²) in [7, 11) is -4.23. The van der Waals surface area contributed by atoms with Gasteiger partial charge in [-0.05, 0) is 12.1 Å². The summed E-state index contributed by atoms with van der Waals surface area (Å²) in [5.74, 6) is -1.25. The van der Waals surface area contributed by atoms with Gasteiger partial charge in [-0.15, -0.1) is 11.3 Å². The molecule has 112 valence electrons. The van der Waals surface area contributed by atoms with E-state index in [0.717, 1.165) is 24.3 Å². The Bertz CT molecular complexity index is 821. The maximum Gasteiger partial charge on any atom is 0.300 e. The number of nitrogens with zero attached hydrogens (tertiary/aromatic N) is 1. The zero-order valence-corrected chi connectivity index (χ0v) is 12.3. The number of aromatic hydroxyl groups is 1. The lowest BCUT2D eigenvalue weighted by molar-refractivity contribution is -0.384. The van der Waals surface area contributed by atoms with Gasteiger partial charge in [0.15, 0.2) is 4.34 Å². The van der Waals surface area contributed by atoms with Gasteiger partial charge in [-0.2, -0.15) is 0 Å². The fourth-order valence-corrected chi connectivity index (χ4v) is 4.11. The van der Waals surface area contributed by atoms with Crippen molar-refractivity contribution in [1.29, 1.82) is 0 Å². The van der Waals surface area contributed by atoms with Crippen molar-refractivity contribution in [3.8, 4) is 5.75 Å². The molecule has 0 unspecified atom stereocenters. The first kappa shape index (κ1) is 15.5. The van der Waals surface area contributed by atoms with E-state index < -0.39 is 36.4 Å². The first-order valence-electron chi connectivity index (χ1n) is 5.16. The number of phenols is 1. The van der Waals surface area contributed by atoms with Gasteiger partial charge < -0.3 is 5.11 Å². The maximum atomic E-state index is 13.0. The number of nitro groups is 1. The summed E-state index contributed by atoms with van der Waals surface area (Å²) in [5.41, 5.74) is -0.937. The second-order valence-corrected chi connectivity index (χ2v) is 7.31. The number of benzene rings is 1. The van der Waals surface area contributed by atoms with Gasteiger partial charge in [0.2, 0.25) is 0 Å². The lowest BCUT2D eigenvalue weighted by Crippen LogP contribution is -2.11. The van der Waals surface area contributed by atoms with Gasteiger partial charge in [0, 0.05) is 12.1 Å². The molecule has 11 heteroatoms. The van der Waals surface area contributed by atoms with Crippen LogP contribution in [0.2, 0.25) is 4.34 Å². The second-order valence-electron chi connectivity index (χ2n) is 3.75. The minimum Gasteiger partial charge on any atom is -0.506 e. The Labute approximate surface area is 126 Å². The monoisotopic (exact) mass is 352 g/mol. The molecule has 0 aliphatic carbocycles. The standard InChI is InChI=1S/C10H6ClFN2O5S2/c11-10-7(14(16)17)4-9(20-10)21(18,19)13-6-3-5(12)1-2-8(6)15/h1-4,13,15H. The molecule has 1 heterocycles. The van der Waals surface area contributed by atoms with E-state index in [1.54, 1.807) is 0 Å². The smallest absolute Gasteiger partial charge is 0.300 e. The number of thiophene rings is 1. The molecule has 21 heavy (non-hydrogen) atoms. The van der Waals surface area contributed by atoms with Crippen LogP contribution in [-0.4, -0.2) is 18.4 Å². The van der Waals surface area contributed by atoms with Crippen LogP contribution in [0.1, 0.15) is 0 Å². The lowest BCUT2D eigenvalue weighted by atomic mass is 10.3. The van der Waals surface area contributed by atoms with Crippen molar-refractivity contribution in [2.24, 2.45) is 0 Å². The third-order valence-corrected chi connectivity index (χ3v) is 5.49. The molecule has 1 aromatic carbocycles. The summed E-state index contributed by atoms with van der Waals surface area (Å²) >= 11 is 6.06. The molecule has 2 rings (SSSR count). The van der Waals surface area contributed by atoms with E-state index in [1.165, 1.54) is 0 Å². The van der Waals surface area contributed by atoms with Crippen LogP contribution in [-0.2, 0) is 10.0 Å². The molecule has 0 amide bonds. The lowest BCUT2D eigenvalue weighted by Gasteiger charge is -2.07. The zero-order valence-electron chi connectivity index (χ0n) is 9.91. The molecule has 0 radical (unpaired) electrons. The van der Waals surface area contributed by atoms with E-state index in [1.807, 2.05) is 4.72 Å². The number of sulfonamides is 1. The van der Waals surface area contributed by atoms with Crippen LogP contribution in [0.5, 0.6) is 5.75 Å². The number of rotatable bonds is 4. The third kappa shape index (κ3) is 3.23. The maximum absolute atomic E-state index is 13.0. The fraction of sp³-hybridized carbons (Fsp3) is 0. The second kappa shape index (κ2) is 5.47. The molecule has 0 atom stereocenters. The van der Waals surface area contributed by atoms with Gasteiger partial charge in [-0.25, -0.2) is 12.8 Å². The summed E-state index contributed by atoms with van der Waals surface area (Å²) in [4.78, 5) is 9.82.